The van der Waals surface area contributed by atoms with E-state index in [4.69, 9.17) is 9.47 Å². The maximum Gasteiger partial charge on any atom is 0.109 e. The molecule has 0 radical (unpaired) electrons. The Bertz CT molecular complexity index is 248. The maximum absolute atomic E-state index is 6.03. The predicted octanol–water partition coefficient (Wildman–Crippen LogP) is 0.228. The molecule has 92 valence electrons. The zero-order chi connectivity index (χ0) is 11.0. The third kappa shape index (κ3) is 1.68. The van der Waals surface area contributed by atoms with Crippen molar-refractivity contribution in [2.45, 2.75) is 37.5 Å². The summed E-state index contributed by atoms with van der Waals surface area (Å²) in [7, 11) is 0. The van der Waals surface area contributed by atoms with Gasteiger partial charge in [0.1, 0.15) is 5.60 Å². The third-order valence-electron chi connectivity index (χ3n) is 4.36. The molecule has 1 N–H and O–H groups in total. The van der Waals surface area contributed by atoms with E-state index in [0.717, 1.165) is 45.9 Å². The first kappa shape index (κ1) is 11.0. The molecule has 4 nitrogen and oxygen atoms in total. The number of rotatable bonds is 1. The van der Waals surface area contributed by atoms with Crippen LogP contribution >= 0.6 is 0 Å². The van der Waals surface area contributed by atoms with Gasteiger partial charge in [0.25, 0.3) is 0 Å². The Labute approximate surface area is 97.3 Å². The van der Waals surface area contributed by atoms with Crippen LogP contribution in [0.15, 0.2) is 0 Å². The first-order valence-electron chi connectivity index (χ1n) is 6.50. The average molecular weight is 226 g/mol. The molecule has 3 heterocycles. The molecule has 1 spiro atoms. The van der Waals surface area contributed by atoms with Crippen LogP contribution in [-0.2, 0) is 9.47 Å². The van der Waals surface area contributed by atoms with Crippen molar-refractivity contribution in [3.63, 3.8) is 0 Å². The Balaban J connectivity index is 1.76. The second-order valence-corrected chi connectivity index (χ2v) is 5.31. The van der Waals surface area contributed by atoms with Gasteiger partial charge in [-0.2, -0.15) is 0 Å². The van der Waals surface area contributed by atoms with E-state index in [0.29, 0.717) is 12.1 Å². The lowest BCUT2D eigenvalue weighted by Crippen LogP contribution is -2.59. The molecule has 3 saturated heterocycles. The minimum atomic E-state index is 0.0194. The number of ether oxygens (including phenoxy) is 2. The van der Waals surface area contributed by atoms with Crippen LogP contribution in [0.1, 0.15) is 19.8 Å². The highest BCUT2D eigenvalue weighted by Gasteiger charge is 2.50. The van der Waals surface area contributed by atoms with Crippen LogP contribution in [0, 0.1) is 0 Å². The first-order valence-corrected chi connectivity index (χ1v) is 6.50. The Hall–Kier alpha value is -0.160. The van der Waals surface area contributed by atoms with Gasteiger partial charge in [0.05, 0.1) is 6.61 Å². The molecule has 4 heteroatoms. The van der Waals surface area contributed by atoms with Gasteiger partial charge in [0, 0.05) is 51.4 Å². The fourth-order valence-electron chi connectivity index (χ4n) is 3.46. The van der Waals surface area contributed by atoms with Gasteiger partial charge in [-0.15, -0.1) is 0 Å². The number of nitrogens with one attached hydrogen (secondary N) is 1. The molecule has 0 aromatic rings. The number of piperazine rings is 1. The normalized spacial score (nSPS) is 45.6. The molecule has 0 amide bonds. The van der Waals surface area contributed by atoms with Crippen molar-refractivity contribution in [1.29, 1.82) is 0 Å². The largest absolute Gasteiger partial charge is 0.378 e. The quantitative estimate of drug-likeness (QED) is 0.694. The number of nitrogens with zero attached hydrogens (tertiary/aromatic N) is 1. The predicted molar refractivity (Wildman–Crippen MR) is 61.6 cm³/mol. The van der Waals surface area contributed by atoms with Crippen molar-refractivity contribution >= 4 is 0 Å². The van der Waals surface area contributed by atoms with Crippen molar-refractivity contribution in [2.75, 3.05) is 39.5 Å². The van der Waals surface area contributed by atoms with E-state index < -0.39 is 0 Å². The summed E-state index contributed by atoms with van der Waals surface area (Å²) in [5.74, 6) is 0. The highest BCUT2D eigenvalue weighted by Crippen LogP contribution is 2.38. The summed E-state index contributed by atoms with van der Waals surface area (Å²) in [5, 5.41) is 3.45. The second-order valence-electron chi connectivity index (χ2n) is 5.31. The van der Waals surface area contributed by atoms with E-state index in [1.54, 1.807) is 0 Å². The molecule has 0 saturated carbocycles. The van der Waals surface area contributed by atoms with Crippen molar-refractivity contribution < 1.29 is 9.47 Å². The minimum Gasteiger partial charge on any atom is -0.378 e. The van der Waals surface area contributed by atoms with Crippen LogP contribution in [0.25, 0.3) is 0 Å². The number of hydrogen-bond acceptors (Lipinski definition) is 4. The van der Waals surface area contributed by atoms with E-state index in [2.05, 4.69) is 17.1 Å². The highest BCUT2D eigenvalue weighted by atomic mass is 16.6. The Morgan fingerprint density at radius 1 is 1.38 bits per heavy atom. The van der Waals surface area contributed by atoms with Crippen molar-refractivity contribution in [1.82, 2.24) is 10.2 Å². The Kier molecular flexibility index (Phi) is 2.92. The van der Waals surface area contributed by atoms with Gasteiger partial charge in [0.2, 0.25) is 0 Å². The SMILES string of the molecule is CC1CNCCN1C1CCOC12CCOC2. The monoisotopic (exact) mass is 226 g/mol. The van der Waals surface area contributed by atoms with E-state index in [-0.39, 0.29) is 5.60 Å². The summed E-state index contributed by atoms with van der Waals surface area (Å²) in [4.78, 5) is 2.64. The topological polar surface area (TPSA) is 33.7 Å². The van der Waals surface area contributed by atoms with Crippen LogP contribution in [-0.4, -0.2) is 62.0 Å². The molecule has 3 rings (SSSR count). The van der Waals surface area contributed by atoms with Crippen LogP contribution in [0.5, 0.6) is 0 Å². The summed E-state index contributed by atoms with van der Waals surface area (Å²) < 4.78 is 11.6. The maximum atomic E-state index is 6.03. The van der Waals surface area contributed by atoms with Crippen LogP contribution in [0.3, 0.4) is 0 Å². The number of hydrogen-bond donors (Lipinski definition) is 1. The molecule has 0 aromatic heterocycles. The van der Waals surface area contributed by atoms with Gasteiger partial charge in [0.15, 0.2) is 0 Å². The Morgan fingerprint density at radius 3 is 3.06 bits per heavy atom. The second kappa shape index (κ2) is 4.26. The standard InChI is InChI=1S/C12H22N2O2/c1-10-8-13-4-5-14(10)11-2-6-16-12(11)3-7-15-9-12/h10-11,13H,2-9H2,1H3. The molecule has 3 fully saturated rings. The smallest absolute Gasteiger partial charge is 0.109 e. The molecule has 16 heavy (non-hydrogen) atoms. The summed E-state index contributed by atoms with van der Waals surface area (Å²) >= 11 is 0. The molecule has 0 aromatic carbocycles. The zero-order valence-corrected chi connectivity index (χ0v) is 10.1. The molecule has 3 aliphatic heterocycles. The minimum absolute atomic E-state index is 0.0194. The highest BCUT2D eigenvalue weighted by molar-refractivity contribution is 5.03. The average Bonchev–Trinajstić information content (AvgIpc) is 2.91. The molecule has 3 aliphatic rings. The lowest BCUT2D eigenvalue weighted by molar-refractivity contribution is -0.0543. The van der Waals surface area contributed by atoms with Gasteiger partial charge >= 0.3 is 0 Å². The fourth-order valence-corrected chi connectivity index (χ4v) is 3.46. The first-order chi connectivity index (χ1) is 7.82. The van der Waals surface area contributed by atoms with Gasteiger partial charge in [-0.05, 0) is 13.3 Å². The van der Waals surface area contributed by atoms with E-state index in [1.807, 2.05) is 0 Å². The summed E-state index contributed by atoms with van der Waals surface area (Å²) in [5.41, 5.74) is 0.0194. The fraction of sp³-hybridized carbons (Fsp3) is 1.00. The molecule has 3 unspecified atom stereocenters. The van der Waals surface area contributed by atoms with Crippen LogP contribution < -0.4 is 5.32 Å². The van der Waals surface area contributed by atoms with Crippen molar-refractivity contribution in [3.05, 3.63) is 0 Å². The Morgan fingerprint density at radius 2 is 2.31 bits per heavy atom. The van der Waals surface area contributed by atoms with E-state index >= 15 is 0 Å². The van der Waals surface area contributed by atoms with E-state index in [9.17, 15) is 0 Å². The summed E-state index contributed by atoms with van der Waals surface area (Å²) in [6.45, 7) is 8.26. The van der Waals surface area contributed by atoms with Crippen molar-refractivity contribution in [3.8, 4) is 0 Å². The van der Waals surface area contributed by atoms with Gasteiger partial charge in [-0.1, -0.05) is 0 Å². The van der Waals surface area contributed by atoms with Gasteiger partial charge < -0.3 is 14.8 Å². The lowest BCUT2D eigenvalue weighted by atomic mass is 9.90. The van der Waals surface area contributed by atoms with Crippen LogP contribution in [0.2, 0.25) is 0 Å². The molecule has 0 aliphatic carbocycles. The van der Waals surface area contributed by atoms with Crippen LogP contribution in [0.4, 0.5) is 0 Å². The lowest BCUT2D eigenvalue weighted by Gasteiger charge is -2.43. The summed E-state index contributed by atoms with van der Waals surface area (Å²) in [6.07, 6.45) is 2.25. The molecule has 3 atom stereocenters. The molecular formula is C12H22N2O2. The summed E-state index contributed by atoms with van der Waals surface area (Å²) in [6, 6.07) is 1.20. The zero-order valence-electron chi connectivity index (χ0n) is 10.1. The van der Waals surface area contributed by atoms with Gasteiger partial charge in [-0.3, -0.25) is 4.90 Å². The third-order valence-corrected chi connectivity index (χ3v) is 4.36. The molecular weight excluding hydrogens is 204 g/mol. The van der Waals surface area contributed by atoms with Gasteiger partial charge in [-0.25, -0.2) is 0 Å². The van der Waals surface area contributed by atoms with E-state index in [1.165, 1.54) is 6.42 Å². The molecule has 0 bridgehead atoms. The van der Waals surface area contributed by atoms with Crippen molar-refractivity contribution in [2.24, 2.45) is 0 Å².